The van der Waals surface area contributed by atoms with Crippen LogP contribution in [0.4, 0.5) is 5.13 Å². The molecule has 4 heterocycles. The molecule has 284 valence electrons. The highest BCUT2D eigenvalue weighted by atomic mass is 35.5. The van der Waals surface area contributed by atoms with Gasteiger partial charge in [-0.25, -0.2) is 14.6 Å². The maximum absolute atomic E-state index is 13.6. The molecule has 0 bridgehead atoms. The molecule has 1 aromatic carbocycles. The largest absolute Gasteiger partial charge is 0.504 e. The molecule has 1 aromatic heterocycles. The second-order valence-corrected chi connectivity index (χ2v) is 16.0. The number of β-lactam (4-membered cyclic amide) rings is 1. The van der Waals surface area contributed by atoms with E-state index in [0.29, 0.717) is 29.7 Å². The van der Waals surface area contributed by atoms with Crippen LogP contribution >= 0.6 is 34.7 Å². The van der Waals surface area contributed by atoms with Gasteiger partial charge in [-0.05, 0) is 32.9 Å². The van der Waals surface area contributed by atoms with Crippen molar-refractivity contribution in [3.63, 3.8) is 0 Å². The molecule has 0 aliphatic carbocycles. The number of Topliss-reactive ketones (excluding diaryl/α,β-unsaturated/α-hetero) is 1. The van der Waals surface area contributed by atoms with E-state index in [0.717, 1.165) is 41.2 Å². The number of thiazole rings is 1. The van der Waals surface area contributed by atoms with Gasteiger partial charge in [-0.15, -0.1) is 23.1 Å². The number of hydrogen-bond donors (Lipinski definition) is 7. The Morgan fingerprint density at radius 3 is 2.42 bits per heavy atom. The predicted octanol–water partition coefficient (Wildman–Crippen LogP) is 1.11. The number of halogens is 1. The van der Waals surface area contributed by atoms with E-state index in [1.807, 2.05) is 0 Å². The van der Waals surface area contributed by atoms with Gasteiger partial charge in [0.25, 0.3) is 17.7 Å². The molecule has 3 aliphatic rings. The lowest BCUT2D eigenvalue weighted by atomic mass is 9.99. The minimum Gasteiger partial charge on any atom is -0.504 e. The van der Waals surface area contributed by atoms with Gasteiger partial charge in [-0.2, -0.15) is 0 Å². The number of carbonyl (C=O) groups excluding carboxylic acids is 4. The third-order valence-corrected chi connectivity index (χ3v) is 11.6. The Bertz CT molecular complexity index is 1920. The number of nitrogens with one attached hydrogen (secondary N) is 2. The van der Waals surface area contributed by atoms with Crippen molar-refractivity contribution in [2.45, 2.75) is 55.9 Å². The lowest BCUT2D eigenvalue weighted by molar-refractivity contribution is -0.911. The number of quaternary nitrogens is 1. The van der Waals surface area contributed by atoms with Crippen molar-refractivity contribution in [1.29, 1.82) is 0 Å². The number of likely N-dealkylation sites (tertiary alicyclic amines) is 1. The summed E-state index contributed by atoms with van der Waals surface area (Å²) in [6, 6.07) is 0.838. The second kappa shape index (κ2) is 15.2. The van der Waals surface area contributed by atoms with Crippen LogP contribution in [0.15, 0.2) is 33.9 Å². The fourth-order valence-corrected chi connectivity index (χ4v) is 8.43. The Labute approximate surface area is 315 Å². The number of oxime groups is 1. The number of carboxylic acids is 2. The number of benzene rings is 1. The molecule has 2 saturated heterocycles. The van der Waals surface area contributed by atoms with Crippen LogP contribution in [-0.2, 0) is 28.8 Å². The average Bonchev–Trinajstić information content (AvgIpc) is 3.74. The van der Waals surface area contributed by atoms with Crippen LogP contribution in [-0.4, -0.2) is 131 Å². The quantitative estimate of drug-likeness (QED) is 0.0269. The highest BCUT2D eigenvalue weighted by molar-refractivity contribution is 8.00. The molecule has 2 aromatic rings. The number of nitrogens with two attached hydrogens (primary N) is 1. The number of nitrogen functional groups attached to an aromatic ring is 1. The topological polar surface area (TPSA) is 271 Å². The number of phenolic OH excluding ortho intramolecular Hbond substituents is 2. The molecule has 3 amide bonds. The maximum Gasteiger partial charge on any atom is 0.352 e. The van der Waals surface area contributed by atoms with E-state index in [-0.39, 0.29) is 40.2 Å². The Kier molecular flexibility index (Phi) is 11.3. The number of fused-ring (bicyclic) bond motifs is 1. The molecular weight excluding hydrogens is 758 g/mol. The fraction of sp³-hybridized carbons (Fsp3) is 0.438. The minimum atomic E-state index is -1.81. The lowest BCUT2D eigenvalue weighted by Crippen LogP contribution is -2.72. The Balaban J connectivity index is 1.31. The Morgan fingerprint density at radius 2 is 1.83 bits per heavy atom. The molecule has 0 saturated carbocycles. The molecule has 21 heteroatoms. The van der Waals surface area contributed by atoms with Crippen molar-refractivity contribution in [3.05, 3.63) is 45.1 Å². The van der Waals surface area contributed by atoms with Gasteiger partial charge < -0.3 is 46.1 Å². The molecule has 0 radical (unpaired) electrons. The van der Waals surface area contributed by atoms with Crippen LogP contribution in [0.2, 0.25) is 5.02 Å². The highest BCUT2D eigenvalue weighted by Crippen LogP contribution is 2.45. The first kappa shape index (κ1) is 39.3. The standard InChI is InChI=1S/C32H36ClN7O11S2/c1-14-16(12-40(7-4-5-8-40)9-6-35-26(45)23(42)15-10-17(33)24(43)19(41)11-15)22(29(47)48)39-27(46)21(28(39)53-14)37-25(44)20(18-13-52-31(34)36-18)38-51-32(2,3)30(49)50/h10-11,13-14,21,28H,4-9,12H2,1-3H3,(H7-,34,35,36,37,38,41,42,43,44,45,47,48,49,50)/p+1/t14-,21+,28+/m0/s1. The van der Waals surface area contributed by atoms with E-state index >= 15 is 0 Å². The SMILES string of the molecule is C[C@@H]1S[C@@H]2[C@H](NC(=O)/C(=N\OC(C)(C)C(=O)O)c3csc(N)n3)C(=O)N2C(C(=O)O)=C1C[N+]1(CCNC(=O)C(=O)c2cc(O)c(O)c(Cl)c2)CCCC1. The summed E-state index contributed by atoms with van der Waals surface area (Å²) >= 11 is 8.11. The number of aliphatic carboxylic acids is 2. The summed E-state index contributed by atoms with van der Waals surface area (Å²) in [7, 11) is 0. The summed E-state index contributed by atoms with van der Waals surface area (Å²) in [4.78, 5) is 87.1. The molecular formula is C32H37ClN7O11S2+. The molecule has 3 atom stereocenters. The highest BCUT2D eigenvalue weighted by Gasteiger charge is 2.57. The second-order valence-electron chi connectivity index (χ2n) is 13.2. The van der Waals surface area contributed by atoms with E-state index in [1.165, 1.54) is 31.0 Å². The monoisotopic (exact) mass is 794 g/mol. The van der Waals surface area contributed by atoms with Gasteiger partial charge in [0, 0.05) is 34.6 Å². The third-order valence-electron chi connectivity index (χ3n) is 9.18. The van der Waals surface area contributed by atoms with Crippen LogP contribution in [0, 0.1) is 0 Å². The van der Waals surface area contributed by atoms with Crippen molar-refractivity contribution in [1.82, 2.24) is 20.5 Å². The number of nitrogens with zero attached hydrogens (tertiary/aromatic N) is 4. The number of amides is 3. The van der Waals surface area contributed by atoms with Gasteiger partial charge in [-0.3, -0.25) is 24.1 Å². The van der Waals surface area contributed by atoms with Crippen LogP contribution < -0.4 is 16.4 Å². The van der Waals surface area contributed by atoms with Gasteiger partial charge in [-0.1, -0.05) is 16.8 Å². The summed E-state index contributed by atoms with van der Waals surface area (Å²) in [6.07, 6.45) is 1.66. The van der Waals surface area contributed by atoms with E-state index in [4.69, 9.17) is 22.2 Å². The first-order chi connectivity index (χ1) is 24.9. The van der Waals surface area contributed by atoms with Crippen molar-refractivity contribution < 1.29 is 58.5 Å². The van der Waals surface area contributed by atoms with E-state index < -0.39 is 74.9 Å². The van der Waals surface area contributed by atoms with E-state index in [9.17, 15) is 49.2 Å². The number of carbonyl (C=O) groups is 6. The minimum absolute atomic E-state index is 0.0166. The lowest BCUT2D eigenvalue weighted by Gasteiger charge is -2.51. The molecule has 3 aliphatic heterocycles. The normalized spacial score (nSPS) is 21.1. The molecule has 2 fully saturated rings. The molecule has 8 N–H and O–H groups in total. The van der Waals surface area contributed by atoms with Crippen LogP contribution in [0.3, 0.4) is 0 Å². The number of anilines is 1. The van der Waals surface area contributed by atoms with Crippen LogP contribution in [0.25, 0.3) is 0 Å². The smallest absolute Gasteiger partial charge is 0.352 e. The number of aromatic nitrogens is 1. The third kappa shape index (κ3) is 8.04. The van der Waals surface area contributed by atoms with Gasteiger partial charge in [0.2, 0.25) is 11.4 Å². The maximum atomic E-state index is 13.6. The van der Waals surface area contributed by atoms with Crippen molar-refractivity contribution >= 4 is 81.0 Å². The number of hydrogen-bond acceptors (Lipinski definition) is 14. The first-order valence-electron chi connectivity index (χ1n) is 16.2. The average molecular weight is 795 g/mol. The van der Waals surface area contributed by atoms with Crippen LogP contribution in [0.5, 0.6) is 11.5 Å². The van der Waals surface area contributed by atoms with Gasteiger partial charge in [0.1, 0.15) is 29.4 Å². The van der Waals surface area contributed by atoms with Crippen molar-refractivity contribution in [2.75, 3.05) is 38.5 Å². The van der Waals surface area contributed by atoms with Crippen molar-refractivity contribution in [2.24, 2.45) is 5.16 Å². The molecule has 0 spiro atoms. The predicted molar refractivity (Wildman–Crippen MR) is 191 cm³/mol. The molecule has 5 rings (SSSR count). The summed E-state index contributed by atoms with van der Waals surface area (Å²) in [5, 5.41) is 48.2. The summed E-state index contributed by atoms with van der Waals surface area (Å²) in [5.41, 5.74) is 3.56. The number of rotatable bonds is 14. The fourth-order valence-electron chi connectivity index (χ4n) is 6.23. The van der Waals surface area contributed by atoms with E-state index in [2.05, 4.69) is 20.8 Å². The van der Waals surface area contributed by atoms with Crippen molar-refractivity contribution in [3.8, 4) is 11.5 Å². The Morgan fingerprint density at radius 1 is 1.15 bits per heavy atom. The number of aromatic hydroxyl groups is 2. The zero-order valence-electron chi connectivity index (χ0n) is 28.6. The summed E-state index contributed by atoms with van der Waals surface area (Å²) in [6.45, 7) is 6.20. The number of thioether (sulfide) groups is 1. The number of phenols is 2. The molecule has 53 heavy (non-hydrogen) atoms. The number of carboxylic acid groups (broad SMARTS) is 2. The molecule has 18 nitrogen and oxygen atoms in total. The summed E-state index contributed by atoms with van der Waals surface area (Å²) in [5.74, 6) is -7.48. The van der Waals surface area contributed by atoms with Crippen LogP contribution in [0.1, 0.15) is 49.7 Å². The van der Waals surface area contributed by atoms with Gasteiger partial charge in [0.05, 0.1) is 31.2 Å². The van der Waals surface area contributed by atoms with Gasteiger partial charge in [0.15, 0.2) is 22.3 Å². The molecule has 0 unspecified atom stereocenters. The zero-order valence-corrected chi connectivity index (χ0v) is 31.0. The Hall–Kier alpha value is -4.92. The van der Waals surface area contributed by atoms with E-state index in [1.54, 1.807) is 6.92 Å². The first-order valence-corrected chi connectivity index (χ1v) is 18.4. The van der Waals surface area contributed by atoms with Gasteiger partial charge >= 0.3 is 11.9 Å². The summed E-state index contributed by atoms with van der Waals surface area (Å²) < 4.78 is 0.382. The zero-order chi connectivity index (χ0) is 39.0. The number of ketones is 1.